The van der Waals surface area contributed by atoms with Crippen LogP contribution in [0.1, 0.15) is 5.69 Å². The normalized spacial score (nSPS) is 9.68. The molecule has 2 heterocycles. The van der Waals surface area contributed by atoms with Gasteiger partial charge in [-0.2, -0.15) is 10.2 Å². The van der Waals surface area contributed by atoms with Gasteiger partial charge in [-0.15, -0.1) is 0 Å². The standard InChI is InChI=1S/C14H11ClN4O3/c1-21-14-5-3-11(10(6-16)18-14)22-8-13(20)19-12-4-2-9(15)7-17-12/h2-5,7H,8H2,1H3,(H,17,19,20). The quantitative estimate of drug-likeness (QED) is 0.906. The van der Waals surface area contributed by atoms with E-state index < -0.39 is 5.91 Å². The van der Waals surface area contributed by atoms with Gasteiger partial charge in [-0.25, -0.2) is 4.98 Å². The van der Waals surface area contributed by atoms with E-state index in [1.165, 1.54) is 25.4 Å². The number of hydrogen-bond donors (Lipinski definition) is 1. The van der Waals surface area contributed by atoms with E-state index in [9.17, 15) is 4.79 Å². The summed E-state index contributed by atoms with van der Waals surface area (Å²) < 4.78 is 10.2. The van der Waals surface area contributed by atoms with Crippen molar-refractivity contribution < 1.29 is 14.3 Å². The highest BCUT2D eigenvalue weighted by atomic mass is 35.5. The summed E-state index contributed by atoms with van der Waals surface area (Å²) >= 11 is 5.70. The average molecular weight is 319 g/mol. The Bertz CT molecular complexity index is 713. The number of nitriles is 1. The molecule has 0 fully saturated rings. The smallest absolute Gasteiger partial charge is 0.263 e. The van der Waals surface area contributed by atoms with Gasteiger partial charge >= 0.3 is 0 Å². The van der Waals surface area contributed by atoms with Crippen LogP contribution in [0.5, 0.6) is 11.6 Å². The summed E-state index contributed by atoms with van der Waals surface area (Å²) in [7, 11) is 1.44. The number of methoxy groups -OCH3 is 1. The third-order valence-electron chi connectivity index (χ3n) is 2.50. The number of hydrogen-bond acceptors (Lipinski definition) is 6. The van der Waals surface area contributed by atoms with E-state index in [-0.39, 0.29) is 18.1 Å². The molecule has 0 radical (unpaired) electrons. The van der Waals surface area contributed by atoms with Crippen molar-refractivity contribution in [1.82, 2.24) is 9.97 Å². The lowest BCUT2D eigenvalue weighted by molar-refractivity contribution is -0.118. The van der Waals surface area contributed by atoms with Gasteiger partial charge in [0.1, 0.15) is 11.9 Å². The molecule has 1 amide bonds. The minimum atomic E-state index is -0.422. The molecule has 7 nitrogen and oxygen atoms in total. The minimum Gasteiger partial charge on any atom is -0.481 e. The summed E-state index contributed by atoms with van der Waals surface area (Å²) in [6.45, 7) is -0.285. The van der Waals surface area contributed by atoms with Gasteiger partial charge in [-0.1, -0.05) is 11.6 Å². The molecule has 0 bridgehead atoms. The van der Waals surface area contributed by atoms with E-state index in [1.807, 2.05) is 6.07 Å². The number of anilines is 1. The summed E-state index contributed by atoms with van der Waals surface area (Å²) in [6.07, 6.45) is 1.42. The molecule has 1 N–H and O–H groups in total. The monoisotopic (exact) mass is 318 g/mol. The van der Waals surface area contributed by atoms with Gasteiger partial charge in [-0.3, -0.25) is 4.79 Å². The predicted molar refractivity (Wildman–Crippen MR) is 78.9 cm³/mol. The Labute approximate surface area is 131 Å². The van der Waals surface area contributed by atoms with Crippen molar-refractivity contribution >= 4 is 23.3 Å². The Morgan fingerprint density at radius 2 is 2.23 bits per heavy atom. The fourth-order valence-corrected chi connectivity index (χ4v) is 1.62. The molecule has 0 atom stereocenters. The van der Waals surface area contributed by atoms with Crippen molar-refractivity contribution in [3.8, 4) is 17.7 Å². The number of nitrogens with one attached hydrogen (secondary N) is 1. The van der Waals surface area contributed by atoms with Crippen LogP contribution in [0.2, 0.25) is 5.02 Å². The summed E-state index contributed by atoms with van der Waals surface area (Å²) in [5.74, 6) is 0.419. The zero-order chi connectivity index (χ0) is 15.9. The molecule has 0 saturated carbocycles. The van der Waals surface area contributed by atoms with Crippen LogP contribution in [0.3, 0.4) is 0 Å². The van der Waals surface area contributed by atoms with Crippen LogP contribution in [0, 0.1) is 11.3 Å². The van der Waals surface area contributed by atoms with Gasteiger partial charge in [0.15, 0.2) is 18.1 Å². The molecule has 8 heteroatoms. The van der Waals surface area contributed by atoms with Crippen LogP contribution in [0.15, 0.2) is 30.5 Å². The third kappa shape index (κ3) is 4.07. The number of halogens is 1. The topological polar surface area (TPSA) is 97.1 Å². The fourth-order valence-electron chi connectivity index (χ4n) is 1.51. The Kier molecular flexibility index (Phi) is 5.11. The predicted octanol–water partition coefficient (Wildman–Crippen LogP) is 2.03. The largest absolute Gasteiger partial charge is 0.481 e. The maximum absolute atomic E-state index is 11.8. The highest BCUT2D eigenvalue weighted by molar-refractivity contribution is 6.30. The van der Waals surface area contributed by atoms with E-state index >= 15 is 0 Å². The Morgan fingerprint density at radius 3 is 2.86 bits per heavy atom. The van der Waals surface area contributed by atoms with E-state index in [4.69, 9.17) is 26.3 Å². The number of aromatic nitrogens is 2. The highest BCUT2D eigenvalue weighted by Gasteiger charge is 2.10. The number of amides is 1. The van der Waals surface area contributed by atoms with Crippen molar-refractivity contribution in [3.05, 3.63) is 41.2 Å². The van der Waals surface area contributed by atoms with Crippen molar-refractivity contribution in [3.63, 3.8) is 0 Å². The summed E-state index contributed by atoms with van der Waals surface area (Å²) in [6, 6.07) is 8.09. The number of nitrogens with zero attached hydrogens (tertiary/aromatic N) is 3. The molecule has 0 spiro atoms. The van der Waals surface area contributed by atoms with Crippen LogP contribution in [0.25, 0.3) is 0 Å². The second kappa shape index (κ2) is 7.24. The highest BCUT2D eigenvalue weighted by Crippen LogP contribution is 2.19. The maximum atomic E-state index is 11.8. The number of carbonyl (C=O) groups is 1. The Hall–Kier alpha value is -2.85. The first-order valence-corrected chi connectivity index (χ1v) is 6.49. The fraction of sp³-hybridized carbons (Fsp3) is 0.143. The van der Waals surface area contributed by atoms with Gasteiger partial charge in [0.05, 0.1) is 12.1 Å². The lowest BCUT2D eigenvalue weighted by Gasteiger charge is -2.08. The number of rotatable bonds is 5. The van der Waals surface area contributed by atoms with E-state index in [1.54, 1.807) is 12.1 Å². The van der Waals surface area contributed by atoms with Gasteiger partial charge < -0.3 is 14.8 Å². The molecule has 2 rings (SSSR count). The zero-order valence-corrected chi connectivity index (χ0v) is 12.3. The molecule has 0 unspecified atom stereocenters. The van der Waals surface area contributed by atoms with Crippen LogP contribution in [-0.2, 0) is 4.79 Å². The molecular formula is C14H11ClN4O3. The second-order valence-electron chi connectivity index (χ2n) is 4.01. The Balaban J connectivity index is 1.96. The van der Waals surface area contributed by atoms with Gasteiger partial charge in [-0.05, 0) is 18.2 Å². The number of pyridine rings is 2. The third-order valence-corrected chi connectivity index (χ3v) is 2.72. The molecule has 22 heavy (non-hydrogen) atoms. The molecule has 0 saturated heterocycles. The SMILES string of the molecule is COc1ccc(OCC(=O)Nc2ccc(Cl)cn2)c(C#N)n1. The van der Waals surface area contributed by atoms with Crippen molar-refractivity contribution in [2.75, 3.05) is 19.0 Å². The zero-order valence-electron chi connectivity index (χ0n) is 11.5. The molecule has 0 aliphatic heterocycles. The van der Waals surface area contributed by atoms with Crippen LogP contribution in [0.4, 0.5) is 5.82 Å². The molecule has 0 aromatic carbocycles. The van der Waals surface area contributed by atoms with Gasteiger partial charge in [0.2, 0.25) is 5.88 Å². The lowest BCUT2D eigenvalue weighted by atomic mass is 10.3. The molecule has 112 valence electrons. The van der Waals surface area contributed by atoms with Crippen molar-refractivity contribution in [1.29, 1.82) is 5.26 Å². The second-order valence-corrected chi connectivity index (χ2v) is 4.45. The average Bonchev–Trinajstić information content (AvgIpc) is 2.55. The van der Waals surface area contributed by atoms with Gasteiger partial charge in [0.25, 0.3) is 5.91 Å². The molecule has 2 aromatic heterocycles. The minimum absolute atomic E-state index is 0.0387. The van der Waals surface area contributed by atoms with Crippen molar-refractivity contribution in [2.45, 2.75) is 0 Å². The molecular weight excluding hydrogens is 308 g/mol. The van der Waals surface area contributed by atoms with Gasteiger partial charge in [0, 0.05) is 12.3 Å². The summed E-state index contributed by atoms with van der Waals surface area (Å²) in [5, 5.41) is 12.0. The maximum Gasteiger partial charge on any atom is 0.263 e. The van der Waals surface area contributed by atoms with E-state index in [0.717, 1.165) is 0 Å². The molecule has 0 aliphatic rings. The first-order chi connectivity index (χ1) is 10.6. The number of ether oxygens (including phenoxy) is 2. The first-order valence-electron chi connectivity index (χ1n) is 6.11. The van der Waals surface area contributed by atoms with Crippen molar-refractivity contribution in [2.24, 2.45) is 0 Å². The molecule has 0 aliphatic carbocycles. The van der Waals surface area contributed by atoms with E-state index in [2.05, 4.69) is 15.3 Å². The van der Waals surface area contributed by atoms with Crippen LogP contribution >= 0.6 is 11.6 Å². The first kappa shape index (κ1) is 15.5. The number of carbonyl (C=O) groups excluding carboxylic acids is 1. The van der Waals surface area contributed by atoms with Crippen LogP contribution in [-0.4, -0.2) is 29.6 Å². The Morgan fingerprint density at radius 1 is 1.41 bits per heavy atom. The lowest BCUT2D eigenvalue weighted by Crippen LogP contribution is -2.21. The summed E-state index contributed by atoms with van der Waals surface area (Å²) in [4.78, 5) is 19.6. The van der Waals surface area contributed by atoms with Crippen LogP contribution < -0.4 is 14.8 Å². The summed E-state index contributed by atoms with van der Waals surface area (Å²) in [5.41, 5.74) is 0.0387. The van der Waals surface area contributed by atoms with E-state index in [0.29, 0.717) is 16.7 Å². The molecule has 2 aromatic rings.